The smallest absolute Gasteiger partial charge is 0.305 e. The van der Waals surface area contributed by atoms with Crippen molar-refractivity contribution in [3.8, 4) is 11.4 Å². The second-order valence-electron chi connectivity index (χ2n) is 5.89. The Morgan fingerprint density at radius 3 is 2.32 bits per heavy atom. The van der Waals surface area contributed by atoms with Crippen LogP contribution in [0.15, 0.2) is 45.1 Å². The van der Waals surface area contributed by atoms with Gasteiger partial charge in [0.1, 0.15) is 0 Å². The van der Waals surface area contributed by atoms with E-state index in [0.717, 1.165) is 21.1 Å². The molecule has 0 saturated carbocycles. The Morgan fingerprint density at radius 1 is 0.960 bits per heavy atom. The summed E-state index contributed by atoms with van der Waals surface area (Å²) in [5, 5.41) is 9.21. The molecule has 1 aromatic carbocycles. The quantitative estimate of drug-likeness (QED) is 0.661. The van der Waals surface area contributed by atoms with Crippen LogP contribution in [0.2, 0.25) is 0 Å². The summed E-state index contributed by atoms with van der Waals surface area (Å²) in [6.07, 6.45) is 0. The predicted molar refractivity (Wildman–Crippen MR) is 97.7 cm³/mol. The normalized spacial score (nSPS) is 11.0. The van der Waals surface area contributed by atoms with E-state index in [1.807, 2.05) is 42.8 Å². The molecule has 0 N–H and O–H groups in total. The molecule has 8 heteroatoms. The number of nitrogens with zero attached hydrogens (tertiary/aromatic N) is 5. The van der Waals surface area contributed by atoms with Gasteiger partial charge in [0.25, 0.3) is 5.56 Å². The fourth-order valence-corrected chi connectivity index (χ4v) is 3.38. The number of benzene rings is 1. The molecule has 0 amide bonds. The van der Waals surface area contributed by atoms with Crippen molar-refractivity contribution in [1.29, 1.82) is 0 Å². The minimum absolute atomic E-state index is 0.308. The SMILES string of the molecule is Cc1ccc(-c2nnc(SCc3cc(=O)n(C)c(=O)n3C)n2C)cc1. The first-order chi connectivity index (χ1) is 11.9. The predicted octanol–water partition coefficient (Wildman–Crippen LogP) is 1.48. The zero-order chi connectivity index (χ0) is 18.1. The summed E-state index contributed by atoms with van der Waals surface area (Å²) < 4.78 is 4.48. The second kappa shape index (κ2) is 6.72. The van der Waals surface area contributed by atoms with E-state index in [4.69, 9.17) is 0 Å². The van der Waals surface area contributed by atoms with E-state index in [1.165, 1.54) is 35.0 Å². The Labute approximate surface area is 149 Å². The Kier molecular flexibility index (Phi) is 4.63. The molecule has 0 atom stereocenters. The maximum absolute atomic E-state index is 12.0. The van der Waals surface area contributed by atoms with Crippen LogP contribution in [0.25, 0.3) is 11.4 Å². The lowest BCUT2D eigenvalue weighted by molar-refractivity contribution is 0.664. The summed E-state index contributed by atoms with van der Waals surface area (Å²) in [4.78, 5) is 23.8. The highest BCUT2D eigenvalue weighted by molar-refractivity contribution is 7.98. The van der Waals surface area contributed by atoms with Gasteiger partial charge in [0.15, 0.2) is 11.0 Å². The van der Waals surface area contributed by atoms with Gasteiger partial charge in [-0.2, -0.15) is 0 Å². The topological polar surface area (TPSA) is 74.7 Å². The van der Waals surface area contributed by atoms with Gasteiger partial charge < -0.3 is 4.57 Å². The molecule has 3 aromatic rings. The third-order valence-electron chi connectivity index (χ3n) is 4.12. The van der Waals surface area contributed by atoms with Crippen LogP contribution in [0.5, 0.6) is 0 Å². The average Bonchev–Trinajstić information content (AvgIpc) is 2.96. The van der Waals surface area contributed by atoms with Crippen molar-refractivity contribution in [2.45, 2.75) is 17.8 Å². The molecular weight excluding hydrogens is 338 g/mol. The van der Waals surface area contributed by atoms with E-state index in [9.17, 15) is 9.59 Å². The van der Waals surface area contributed by atoms with E-state index in [-0.39, 0.29) is 11.2 Å². The molecule has 0 fully saturated rings. The Bertz CT molecular complexity index is 1030. The second-order valence-corrected chi connectivity index (χ2v) is 6.84. The van der Waals surface area contributed by atoms with Gasteiger partial charge in [0, 0.05) is 44.2 Å². The molecule has 130 valence electrons. The summed E-state index contributed by atoms with van der Waals surface area (Å²) in [5.41, 5.74) is 2.19. The first-order valence-electron chi connectivity index (χ1n) is 7.73. The van der Waals surface area contributed by atoms with E-state index < -0.39 is 0 Å². The van der Waals surface area contributed by atoms with Gasteiger partial charge in [-0.15, -0.1) is 10.2 Å². The molecule has 0 saturated heterocycles. The summed E-state index contributed by atoms with van der Waals surface area (Å²) in [7, 11) is 5.03. The molecule has 2 heterocycles. The molecular formula is C17H19N5O2S. The first kappa shape index (κ1) is 17.2. The highest BCUT2D eigenvalue weighted by Gasteiger charge is 2.13. The van der Waals surface area contributed by atoms with Crippen LogP contribution in [0.3, 0.4) is 0 Å². The molecule has 3 rings (SSSR count). The standard InChI is InChI=1S/C17H19N5O2S/c1-11-5-7-12(8-6-11)15-18-19-16(22(15)4)25-10-13-9-14(23)21(3)17(24)20(13)2/h5-9H,10H2,1-4H3. The van der Waals surface area contributed by atoms with Crippen LogP contribution in [-0.4, -0.2) is 23.9 Å². The first-order valence-corrected chi connectivity index (χ1v) is 8.72. The molecule has 0 aliphatic carbocycles. The molecule has 2 aromatic heterocycles. The fraction of sp³-hybridized carbons (Fsp3) is 0.294. The summed E-state index contributed by atoms with van der Waals surface area (Å²) in [6.45, 7) is 2.04. The van der Waals surface area contributed by atoms with Crippen LogP contribution in [-0.2, 0) is 26.9 Å². The lowest BCUT2D eigenvalue weighted by Gasteiger charge is -2.09. The molecule has 7 nitrogen and oxygen atoms in total. The zero-order valence-corrected chi connectivity index (χ0v) is 15.4. The summed E-state index contributed by atoms with van der Waals surface area (Å²) in [6, 6.07) is 9.57. The van der Waals surface area contributed by atoms with Gasteiger partial charge >= 0.3 is 5.69 Å². The van der Waals surface area contributed by atoms with Gasteiger partial charge in [-0.1, -0.05) is 41.6 Å². The summed E-state index contributed by atoms with van der Waals surface area (Å²) in [5.74, 6) is 1.24. The van der Waals surface area contributed by atoms with Crippen LogP contribution >= 0.6 is 11.8 Å². The Morgan fingerprint density at radius 2 is 1.64 bits per heavy atom. The van der Waals surface area contributed by atoms with E-state index in [1.54, 1.807) is 7.05 Å². The van der Waals surface area contributed by atoms with Crippen molar-refractivity contribution in [3.05, 3.63) is 62.4 Å². The third kappa shape index (κ3) is 3.30. The number of aryl methyl sites for hydroxylation is 1. The van der Waals surface area contributed by atoms with Gasteiger partial charge in [0.05, 0.1) is 0 Å². The molecule has 0 aliphatic rings. The van der Waals surface area contributed by atoms with Crippen molar-refractivity contribution >= 4 is 11.8 Å². The maximum atomic E-state index is 12.0. The molecule has 0 spiro atoms. The molecule has 0 aliphatic heterocycles. The monoisotopic (exact) mass is 357 g/mol. The van der Waals surface area contributed by atoms with Crippen LogP contribution in [0, 0.1) is 6.92 Å². The lowest BCUT2D eigenvalue weighted by atomic mass is 10.1. The van der Waals surface area contributed by atoms with E-state index >= 15 is 0 Å². The van der Waals surface area contributed by atoms with Crippen molar-refractivity contribution in [2.75, 3.05) is 0 Å². The van der Waals surface area contributed by atoms with Crippen LogP contribution in [0.1, 0.15) is 11.3 Å². The van der Waals surface area contributed by atoms with Crippen molar-refractivity contribution in [2.24, 2.45) is 21.1 Å². The molecule has 0 bridgehead atoms. The van der Waals surface area contributed by atoms with Gasteiger partial charge in [-0.25, -0.2) is 4.79 Å². The maximum Gasteiger partial charge on any atom is 0.330 e. The van der Waals surface area contributed by atoms with Gasteiger partial charge in [-0.3, -0.25) is 13.9 Å². The number of rotatable bonds is 4. The van der Waals surface area contributed by atoms with Crippen molar-refractivity contribution in [1.82, 2.24) is 23.9 Å². The number of hydrogen-bond donors (Lipinski definition) is 0. The Hall–Kier alpha value is -2.61. The highest BCUT2D eigenvalue weighted by atomic mass is 32.2. The van der Waals surface area contributed by atoms with E-state index in [2.05, 4.69) is 10.2 Å². The van der Waals surface area contributed by atoms with Gasteiger partial charge in [-0.05, 0) is 6.92 Å². The molecule has 0 unspecified atom stereocenters. The minimum atomic E-state index is -0.332. The number of aromatic nitrogens is 5. The minimum Gasteiger partial charge on any atom is -0.305 e. The largest absolute Gasteiger partial charge is 0.330 e. The Balaban J connectivity index is 1.85. The number of hydrogen-bond acceptors (Lipinski definition) is 5. The van der Waals surface area contributed by atoms with Crippen LogP contribution < -0.4 is 11.2 Å². The summed E-state index contributed by atoms with van der Waals surface area (Å²) >= 11 is 1.44. The fourth-order valence-electron chi connectivity index (χ4n) is 2.45. The number of thioether (sulfide) groups is 1. The average molecular weight is 357 g/mol. The highest BCUT2D eigenvalue weighted by Crippen LogP contribution is 2.24. The van der Waals surface area contributed by atoms with Crippen molar-refractivity contribution < 1.29 is 0 Å². The van der Waals surface area contributed by atoms with Crippen LogP contribution in [0.4, 0.5) is 0 Å². The van der Waals surface area contributed by atoms with Gasteiger partial charge in [0.2, 0.25) is 0 Å². The third-order valence-corrected chi connectivity index (χ3v) is 5.17. The van der Waals surface area contributed by atoms with Crippen molar-refractivity contribution in [3.63, 3.8) is 0 Å². The molecule has 0 radical (unpaired) electrons. The van der Waals surface area contributed by atoms with E-state index in [0.29, 0.717) is 11.4 Å². The molecule has 25 heavy (non-hydrogen) atoms. The zero-order valence-electron chi connectivity index (χ0n) is 14.6. The lowest BCUT2D eigenvalue weighted by Crippen LogP contribution is -2.37.